The van der Waals surface area contributed by atoms with Crippen molar-refractivity contribution in [3.05, 3.63) is 0 Å². The lowest BCUT2D eigenvalue weighted by Gasteiger charge is -2.41. The number of hydrogen-bond donors (Lipinski definition) is 1. The smallest absolute Gasteiger partial charge is 0.240 e. The number of hydrogen-bond acceptors (Lipinski definition) is 2. The van der Waals surface area contributed by atoms with Crippen molar-refractivity contribution in [2.75, 3.05) is 7.05 Å². The first-order valence-corrected chi connectivity index (χ1v) is 5.90. The minimum atomic E-state index is -0.00313. The maximum atomic E-state index is 12.3. The Morgan fingerprint density at radius 3 is 2.53 bits per heavy atom. The van der Waals surface area contributed by atoms with E-state index in [-0.39, 0.29) is 23.5 Å². The van der Waals surface area contributed by atoms with Crippen LogP contribution in [0.1, 0.15) is 47.0 Å². The van der Waals surface area contributed by atoms with Gasteiger partial charge in [-0.15, -0.1) is 0 Å². The molecule has 1 saturated heterocycles. The highest BCUT2D eigenvalue weighted by atomic mass is 16.2. The van der Waals surface area contributed by atoms with Gasteiger partial charge in [0.2, 0.25) is 5.91 Å². The van der Waals surface area contributed by atoms with Crippen LogP contribution in [0.15, 0.2) is 0 Å². The molecule has 1 N–H and O–H groups in total. The highest BCUT2D eigenvalue weighted by Crippen LogP contribution is 2.29. The molecule has 1 aliphatic rings. The molecule has 1 aliphatic heterocycles. The first kappa shape index (κ1) is 12.5. The molecule has 1 heterocycles. The maximum Gasteiger partial charge on any atom is 0.240 e. The second-order valence-electron chi connectivity index (χ2n) is 5.35. The van der Waals surface area contributed by atoms with Gasteiger partial charge in [0.25, 0.3) is 0 Å². The van der Waals surface area contributed by atoms with E-state index in [0.717, 1.165) is 19.3 Å². The fraction of sp³-hybridized carbons (Fsp3) is 0.917. The predicted octanol–water partition coefficient (Wildman–Crippen LogP) is 1.77. The molecule has 0 saturated carbocycles. The summed E-state index contributed by atoms with van der Waals surface area (Å²) >= 11 is 0. The summed E-state index contributed by atoms with van der Waals surface area (Å²) < 4.78 is 0. The van der Waals surface area contributed by atoms with Crippen molar-refractivity contribution in [3.63, 3.8) is 0 Å². The molecular formula is C12H24N2O. The van der Waals surface area contributed by atoms with Crippen LogP contribution in [-0.2, 0) is 4.79 Å². The summed E-state index contributed by atoms with van der Waals surface area (Å²) in [6.07, 6.45) is 3.17. The lowest BCUT2D eigenvalue weighted by Crippen LogP contribution is -2.55. The summed E-state index contributed by atoms with van der Waals surface area (Å²) in [4.78, 5) is 14.3. The molecule has 0 spiro atoms. The number of nitrogens with zero attached hydrogens (tertiary/aromatic N) is 1. The molecule has 3 heteroatoms. The van der Waals surface area contributed by atoms with Crippen LogP contribution in [-0.4, -0.2) is 35.5 Å². The van der Waals surface area contributed by atoms with E-state index >= 15 is 0 Å². The number of carbonyl (C=O) groups excluding carboxylic acids is 1. The van der Waals surface area contributed by atoms with Crippen LogP contribution in [0, 0.1) is 0 Å². The monoisotopic (exact) mass is 212 g/mol. The molecule has 1 unspecified atom stereocenters. The predicted molar refractivity (Wildman–Crippen MR) is 62.8 cm³/mol. The van der Waals surface area contributed by atoms with Crippen molar-refractivity contribution in [2.45, 2.75) is 64.6 Å². The molecule has 0 aromatic carbocycles. The largest absolute Gasteiger partial charge is 0.334 e. The quantitative estimate of drug-likeness (QED) is 0.756. The van der Waals surface area contributed by atoms with Crippen molar-refractivity contribution in [3.8, 4) is 0 Å². The summed E-state index contributed by atoms with van der Waals surface area (Å²) in [5.74, 6) is 0.259. The van der Waals surface area contributed by atoms with Crippen molar-refractivity contribution in [1.29, 1.82) is 0 Å². The van der Waals surface area contributed by atoms with E-state index in [0.29, 0.717) is 0 Å². The first-order chi connectivity index (χ1) is 6.90. The fourth-order valence-corrected chi connectivity index (χ4v) is 2.67. The molecule has 0 aromatic heterocycles. The molecule has 0 radical (unpaired) electrons. The second kappa shape index (κ2) is 4.52. The highest BCUT2D eigenvalue weighted by molar-refractivity contribution is 5.83. The van der Waals surface area contributed by atoms with E-state index in [1.807, 2.05) is 11.9 Å². The zero-order chi connectivity index (χ0) is 11.6. The van der Waals surface area contributed by atoms with Gasteiger partial charge in [0.05, 0.1) is 6.04 Å². The van der Waals surface area contributed by atoms with E-state index in [1.54, 1.807) is 0 Å². The SMILES string of the molecule is CNC1CCCC(C)(C)N(C(C)C)C1=O. The fourth-order valence-electron chi connectivity index (χ4n) is 2.67. The molecule has 1 atom stereocenters. The lowest BCUT2D eigenvalue weighted by atomic mass is 9.95. The minimum absolute atomic E-state index is 0.00313. The maximum absolute atomic E-state index is 12.3. The normalized spacial score (nSPS) is 26.9. The van der Waals surface area contributed by atoms with Gasteiger partial charge in [0, 0.05) is 11.6 Å². The average Bonchev–Trinajstić information content (AvgIpc) is 2.20. The van der Waals surface area contributed by atoms with Gasteiger partial charge in [-0.2, -0.15) is 0 Å². The molecule has 0 bridgehead atoms. The number of rotatable bonds is 2. The summed E-state index contributed by atoms with van der Waals surface area (Å²) in [7, 11) is 1.87. The molecule has 15 heavy (non-hydrogen) atoms. The summed E-state index contributed by atoms with van der Waals surface area (Å²) in [6.45, 7) is 8.53. The van der Waals surface area contributed by atoms with Gasteiger partial charge in [-0.25, -0.2) is 0 Å². The van der Waals surface area contributed by atoms with Crippen LogP contribution in [0.3, 0.4) is 0 Å². The summed E-state index contributed by atoms with van der Waals surface area (Å²) in [5, 5.41) is 3.13. The Morgan fingerprint density at radius 2 is 2.07 bits per heavy atom. The second-order valence-corrected chi connectivity index (χ2v) is 5.35. The molecule has 88 valence electrons. The van der Waals surface area contributed by atoms with Crippen molar-refractivity contribution >= 4 is 5.91 Å². The Morgan fingerprint density at radius 1 is 1.47 bits per heavy atom. The number of likely N-dealkylation sites (N-methyl/N-ethyl adjacent to an activating group) is 1. The molecule has 0 aliphatic carbocycles. The average molecular weight is 212 g/mol. The lowest BCUT2D eigenvalue weighted by molar-refractivity contribution is -0.140. The number of likely N-dealkylation sites (tertiary alicyclic amines) is 1. The van der Waals surface area contributed by atoms with Crippen LogP contribution in [0.5, 0.6) is 0 Å². The third-order valence-electron chi connectivity index (χ3n) is 3.33. The highest BCUT2D eigenvalue weighted by Gasteiger charge is 2.38. The summed E-state index contributed by atoms with van der Waals surface area (Å²) in [5.41, 5.74) is -0.00313. The van der Waals surface area contributed by atoms with Crippen molar-refractivity contribution in [1.82, 2.24) is 10.2 Å². The molecule has 0 aromatic rings. The third-order valence-corrected chi connectivity index (χ3v) is 3.33. The zero-order valence-electron chi connectivity index (χ0n) is 10.6. The van der Waals surface area contributed by atoms with Crippen LogP contribution in [0.4, 0.5) is 0 Å². The van der Waals surface area contributed by atoms with Gasteiger partial charge in [-0.1, -0.05) is 0 Å². The summed E-state index contributed by atoms with van der Waals surface area (Å²) in [6, 6.07) is 0.288. The number of carbonyl (C=O) groups is 1. The van der Waals surface area contributed by atoms with Gasteiger partial charge >= 0.3 is 0 Å². The topological polar surface area (TPSA) is 32.3 Å². The van der Waals surface area contributed by atoms with Crippen molar-refractivity contribution in [2.24, 2.45) is 0 Å². The zero-order valence-corrected chi connectivity index (χ0v) is 10.6. The van der Waals surface area contributed by atoms with Gasteiger partial charge in [-0.3, -0.25) is 4.79 Å². The Balaban J connectivity index is 2.96. The van der Waals surface area contributed by atoms with Crippen LogP contribution >= 0.6 is 0 Å². The third kappa shape index (κ3) is 2.51. The van der Waals surface area contributed by atoms with Gasteiger partial charge in [0.15, 0.2) is 0 Å². The van der Waals surface area contributed by atoms with Crippen LogP contribution in [0.25, 0.3) is 0 Å². The first-order valence-electron chi connectivity index (χ1n) is 5.90. The molecule has 1 fully saturated rings. The van der Waals surface area contributed by atoms with E-state index in [2.05, 4.69) is 33.0 Å². The number of amides is 1. The Labute approximate surface area is 93.2 Å². The van der Waals surface area contributed by atoms with E-state index in [4.69, 9.17) is 0 Å². The van der Waals surface area contributed by atoms with E-state index in [9.17, 15) is 4.79 Å². The minimum Gasteiger partial charge on any atom is -0.334 e. The van der Waals surface area contributed by atoms with Gasteiger partial charge in [0.1, 0.15) is 0 Å². The molecule has 3 nitrogen and oxygen atoms in total. The van der Waals surface area contributed by atoms with Crippen LogP contribution < -0.4 is 5.32 Å². The van der Waals surface area contributed by atoms with Gasteiger partial charge in [-0.05, 0) is 54.0 Å². The van der Waals surface area contributed by atoms with E-state index < -0.39 is 0 Å². The van der Waals surface area contributed by atoms with Crippen molar-refractivity contribution < 1.29 is 4.79 Å². The number of nitrogens with one attached hydrogen (secondary N) is 1. The van der Waals surface area contributed by atoms with Crippen LogP contribution in [0.2, 0.25) is 0 Å². The Kier molecular flexibility index (Phi) is 3.77. The molecule has 1 amide bonds. The Hall–Kier alpha value is -0.570. The van der Waals surface area contributed by atoms with Gasteiger partial charge < -0.3 is 10.2 Å². The Bertz CT molecular complexity index is 236. The standard InChI is InChI=1S/C12H24N2O/c1-9(2)14-11(15)10(13-5)7-6-8-12(14,3)4/h9-10,13H,6-8H2,1-5H3. The molecule has 1 rings (SSSR count). The van der Waals surface area contributed by atoms with E-state index in [1.165, 1.54) is 0 Å². The molecular weight excluding hydrogens is 188 g/mol.